The molecule has 0 aromatic heterocycles. The zero-order valence-corrected chi connectivity index (χ0v) is 10.0. The topological polar surface area (TPSA) is 69.6 Å². The van der Waals surface area contributed by atoms with Gasteiger partial charge in [0.05, 0.1) is 6.42 Å². The van der Waals surface area contributed by atoms with Gasteiger partial charge in [-0.15, -0.1) is 0 Å². The molecule has 2 unspecified atom stereocenters. The van der Waals surface area contributed by atoms with E-state index in [-0.39, 0.29) is 24.4 Å². The van der Waals surface area contributed by atoms with Crippen LogP contribution in [0.25, 0.3) is 0 Å². The molecule has 2 atom stereocenters. The monoisotopic (exact) mass is 240 g/mol. The maximum absolute atomic E-state index is 11.5. The number of carboxylic acids is 1. The van der Waals surface area contributed by atoms with Crippen LogP contribution in [0.5, 0.6) is 0 Å². The van der Waals surface area contributed by atoms with Crippen LogP contribution in [0.4, 0.5) is 0 Å². The molecule has 17 heavy (non-hydrogen) atoms. The molecule has 0 aliphatic carbocycles. The molecule has 5 heteroatoms. The number of hydrogen-bond donors (Lipinski definition) is 2. The van der Waals surface area contributed by atoms with Crippen LogP contribution >= 0.6 is 0 Å². The average Bonchev–Trinajstić information content (AvgIpc) is 2.59. The van der Waals surface area contributed by atoms with E-state index in [9.17, 15) is 9.59 Å². The van der Waals surface area contributed by atoms with Gasteiger partial charge >= 0.3 is 5.97 Å². The fourth-order valence-electron chi connectivity index (χ4n) is 3.00. The number of nitrogens with zero attached hydrogens (tertiary/aromatic N) is 1. The van der Waals surface area contributed by atoms with Crippen LogP contribution in [-0.4, -0.2) is 47.1 Å². The second-order valence-electron chi connectivity index (χ2n) is 4.98. The minimum absolute atomic E-state index is 0.105. The van der Waals surface area contributed by atoms with Gasteiger partial charge in [0.25, 0.3) is 0 Å². The van der Waals surface area contributed by atoms with Gasteiger partial charge < -0.3 is 10.4 Å². The van der Waals surface area contributed by atoms with Crippen molar-refractivity contribution in [2.24, 2.45) is 0 Å². The minimum Gasteiger partial charge on any atom is -0.481 e. The van der Waals surface area contributed by atoms with Gasteiger partial charge in [-0.3, -0.25) is 14.5 Å². The van der Waals surface area contributed by atoms with E-state index in [0.29, 0.717) is 6.42 Å². The van der Waals surface area contributed by atoms with Crippen LogP contribution in [0.1, 0.15) is 38.5 Å². The van der Waals surface area contributed by atoms with E-state index < -0.39 is 5.97 Å². The minimum atomic E-state index is -0.736. The highest BCUT2D eigenvalue weighted by molar-refractivity contribution is 5.76. The highest BCUT2D eigenvalue weighted by Crippen LogP contribution is 2.26. The SMILES string of the molecule is O=C(O)CC1CCCN1C1CCCNC(=O)C1. The molecule has 5 nitrogen and oxygen atoms in total. The van der Waals surface area contributed by atoms with Crippen LogP contribution in [0.2, 0.25) is 0 Å². The molecule has 2 heterocycles. The van der Waals surface area contributed by atoms with Crippen molar-refractivity contribution in [1.29, 1.82) is 0 Å². The Morgan fingerprint density at radius 3 is 3.00 bits per heavy atom. The third kappa shape index (κ3) is 3.19. The molecule has 2 aliphatic rings. The van der Waals surface area contributed by atoms with Gasteiger partial charge in [0.15, 0.2) is 0 Å². The lowest BCUT2D eigenvalue weighted by molar-refractivity contribution is -0.138. The van der Waals surface area contributed by atoms with Gasteiger partial charge in [0.2, 0.25) is 5.91 Å². The van der Waals surface area contributed by atoms with Crippen LogP contribution in [0.3, 0.4) is 0 Å². The van der Waals surface area contributed by atoms with Crippen LogP contribution in [0.15, 0.2) is 0 Å². The number of carbonyl (C=O) groups excluding carboxylic acids is 1. The predicted molar refractivity (Wildman–Crippen MR) is 62.6 cm³/mol. The van der Waals surface area contributed by atoms with Gasteiger partial charge in [-0.05, 0) is 32.2 Å². The van der Waals surface area contributed by atoms with Gasteiger partial charge in [0, 0.05) is 25.0 Å². The fourth-order valence-corrected chi connectivity index (χ4v) is 3.00. The van der Waals surface area contributed by atoms with Crippen molar-refractivity contribution in [3.05, 3.63) is 0 Å². The van der Waals surface area contributed by atoms with Crippen molar-refractivity contribution in [3.63, 3.8) is 0 Å². The van der Waals surface area contributed by atoms with Crippen molar-refractivity contribution >= 4 is 11.9 Å². The Balaban J connectivity index is 1.98. The van der Waals surface area contributed by atoms with Crippen molar-refractivity contribution in [1.82, 2.24) is 10.2 Å². The summed E-state index contributed by atoms with van der Waals surface area (Å²) in [6.07, 6.45) is 4.72. The molecule has 2 rings (SSSR count). The summed E-state index contributed by atoms with van der Waals surface area (Å²) in [5, 5.41) is 11.8. The largest absolute Gasteiger partial charge is 0.481 e. The van der Waals surface area contributed by atoms with E-state index >= 15 is 0 Å². The van der Waals surface area contributed by atoms with E-state index in [4.69, 9.17) is 5.11 Å². The Kier molecular flexibility index (Phi) is 3.99. The molecule has 0 radical (unpaired) electrons. The number of hydrogen-bond acceptors (Lipinski definition) is 3. The second-order valence-corrected chi connectivity index (χ2v) is 4.98. The fraction of sp³-hybridized carbons (Fsp3) is 0.833. The van der Waals surface area contributed by atoms with Crippen LogP contribution in [-0.2, 0) is 9.59 Å². The van der Waals surface area contributed by atoms with Gasteiger partial charge in [-0.2, -0.15) is 0 Å². The summed E-state index contributed by atoms with van der Waals surface area (Å²) in [4.78, 5) is 24.6. The van der Waals surface area contributed by atoms with E-state index in [0.717, 1.165) is 38.8 Å². The Hall–Kier alpha value is -1.10. The third-order valence-electron chi connectivity index (χ3n) is 3.76. The van der Waals surface area contributed by atoms with Crippen molar-refractivity contribution < 1.29 is 14.7 Å². The van der Waals surface area contributed by atoms with Gasteiger partial charge in [-0.1, -0.05) is 0 Å². The molecule has 0 aromatic carbocycles. The molecule has 2 fully saturated rings. The molecule has 0 saturated carbocycles. The van der Waals surface area contributed by atoms with E-state index in [1.165, 1.54) is 0 Å². The predicted octanol–water partition coefficient (Wildman–Crippen LogP) is 0.594. The van der Waals surface area contributed by atoms with Gasteiger partial charge in [-0.25, -0.2) is 0 Å². The van der Waals surface area contributed by atoms with E-state index in [2.05, 4.69) is 10.2 Å². The van der Waals surface area contributed by atoms with Crippen molar-refractivity contribution in [2.75, 3.05) is 13.1 Å². The van der Waals surface area contributed by atoms with Crippen molar-refractivity contribution in [3.8, 4) is 0 Å². The number of carbonyl (C=O) groups is 2. The molecule has 96 valence electrons. The molecule has 0 bridgehead atoms. The molecule has 2 saturated heterocycles. The summed E-state index contributed by atoms with van der Waals surface area (Å²) in [5.74, 6) is -0.631. The quantitative estimate of drug-likeness (QED) is 0.757. The summed E-state index contributed by atoms with van der Waals surface area (Å²) in [5.41, 5.74) is 0. The zero-order chi connectivity index (χ0) is 12.3. The molecule has 0 aromatic rings. The molecular weight excluding hydrogens is 220 g/mol. The number of rotatable bonds is 3. The first-order valence-electron chi connectivity index (χ1n) is 6.41. The smallest absolute Gasteiger partial charge is 0.304 e. The van der Waals surface area contributed by atoms with E-state index in [1.807, 2.05) is 0 Å². The third-order valence-corrected chi connectivity index (χ3v) is 3.76. The second kappa shape index (κ2) is 5.49. The zero-order valence-electron chi connectivity index (χ0n) is 10.0. The number of likely N-dealkylation sites (tertiary alicyclic amines) is 1. The number of carboxylic acid groups (broad SMARTS) is 1. The molecule has 2 aliphatic heterocycles. The first-order chi connectivity index (χ1) is 8.16. The summed E-state index contributed by atoms with van der Waals surface area (Å²) >= 11 is 0. The summed E-state index contributed by atoms with van der Waals surface area (Å²) in [6, 6.07) is 0.368. The maximum Gasteiger partial charge on any atom is 0.304 e. The lowest BCUT2D eigenvalue weighted by Crippen LogP contribution is -2.41. The lowest BCUT2D eigenvalue weighted by atomic mass is 10.0. The molecule has 1 amide bonds. The Morgan fingerprint density at radius 2 is 2.24 bits per heavy atom. The summed E-state index contributed by atoms with van der Waals surface area (Å²) in [6.45, 7) is 1.70. The average molecular weight is 240 g/mol. The summed E-state index contributed by atoms with van der Waals surface area (Å²) < 4.78 is 0. The molecular formula is C12H20N2O3. The lowest BCUT2D eigenvalue weighted by Gasteiger charge is -2.31. The molecule has 0 spiro atoms. The number of amides is 1. The highest BCUT2D eigenvalue weighted by atomic mass is 16.4. The van der Waals surface area contributed by atoms with Crippen LogP contribution in [0, 0.1) is 0 Å². The Morgan fingerprint density at radius 1 is 1.41 bits per heavy atom. The standard InChI is InChI=1S/C12H20N2O3/c15-11-7-9(3-1-5-13-11)14-6-2-4-10(14)8-12(16)17/h9-10H,1-8H2,(H,13,15)(H,16,17). The van der Waals surface area contributed by atoms with Gasteiger partial charge in [0.1, 0.15) is 0 Å². The number of aliphatic carboxylic acids is 1. The molecule has 2 N–H and O–H groups in total. The Bertz CT molecular complexity index is 306. The Labute approximate surface area is 101 Å². The van der Waals surface area contributed by atoms with Crippen LogP contribution < -0.4 is 5.32 Å². The first kappa shape index (κ1) is 12.4. The normalized spacial score (nSPS) is 30.9. The van der Waals surface area contributed by atoms with Crippen molar-refractivity contribution in [2.45, 2.75) is 50.6 Å². The maximum atomic E-state index is 11.5. The first-order valence-corrected chi connectivity index (χ1v) is 6.41. The number of nitrogens with one attached hydrogen (secondary N) is 1. The summed E-state index contributed by atoms with van der Waals surface area (Å²) in [7, 11) is 0. The van der Waals surface area contributed by atoms with E-state index in [1.54, 1.807) is 0 Å². The highest BCUT2D eigenvalue weighted by Gasteiger charge is 2.33.